The lowest BCUT2D eigenvalue weighted by Crippen LogP contribution is -2.58. The molecule has 0 bridgehead atoms. The lowest BCUT2D eigenvalue weighted by molar-refractivity contribution is -0.150. The molecule has 3 rings (SSSR count). The molecule has 2 aromatic rings. The van der Waals surface area contributed by atoms with Gasteiger partial charge in [0.25, 0.3) is 10.1 Å². The van der Waals surface area contributed by atoms with Gasteiger partial charge in [0.05, 0.1) is 16.4 Å². The quantitative estimate of drug-likeness (QED) is 0.506. The molecule has 10 nitrogen and oxygen atoms in total. The van der Waals surface area contributed by atoms with Crippen molar-refractivity contribution in [1.82, 2.24) is 4.31 Å². The predicted octanol–water partition coefficient (Wildman–Crippen LogP) is 2.02. The van der Waals surface area contributed by atoms with Crippen LogP contribution in [0.1, 0.15) is 24.0 Å². The van der Waals surface area contributed by atoms with Gasteiger partial charge in [-0.2, -0.15) is 12.7 Å². The second-order valence-electron chi connectivity index (χ2n) is 8.25. The van der Waals surface area contributed by atoms with E-state index in [1.165, 1.54) is 36.4 Å². The summed E-state index contributed by atoms with van der Waals surface area (Å²) in [6.07, 6.45) is -0.624. The molecule has 2 aromatic carbocycles. The number of carboxylic acids is 2. The van der Waals surface area contributed by atoms with Crippen LogP contribution in [0, 0.1) is 19.8 Å². The summed E-state index contributed by atoms with van der Waals surface area (Å²) in [5.41, 5.74) is 1.61. The highest BCUT2D eigenvalue weighted by atomic mass is 32.2. The Bertz CT molecular complexity index is 1250. The number of piperidine rings is 1. The second-order valence-corrected chi connectivity index (χ2v) is 11.7. The van der Waals surface area contributed by atoms with E-state index in [4.69, 9.17) is 4.18 Å². The Balaban J connectivity index is 1.88. The summed E-state index contributed by atoms with van der Waals surface area (Å²) in [6, 6.07) is 8.09. The maximum atomic E-state index is 13.2. The van der Waals surface area contributed by atoms with Gasteiger partial charge in [-0.05, 0) is 56.9 Å². The molecular formula is C22H25NO9S2. The van der Waals surface area contributed by atoms with E-state index in [9.17, 15) is 36.6 Å². The van der Waals surface area contributed by atoms with Crippen molar-refractivity contribution in [2.45, 2.75) is 48.6 Å². The zero-order valence-electron chi connectivity index (χ0n) is 18.5. The fraction of sp³-hybridized carbons (Fsp3) is 0.364. The van der Waals surface area contributed by atoms with Crippen LogP contribution in [0.2, 0.25) is 0 Å². The number of sulfonamides is 1. The van der Waals surface area contributed by atoms with Crippen LogP contribution >= 0.6 is 0 Å². The molecule has 0 saturated carbocycles. The van der Waals surface area contributed by atoms with E-state index < -0.39 is 56.7 Å². The Kier molecular flexibility index (Phi) is 7.46. The third kappa shape index (κ3) is 5.46. The minimum absolute atomic E-state index is 0.0953. The van der Waals surface area contributed by atoms with E-state index in [-0.39, 0.29) is 22.6 Å². The molecule has 1 fully saturated rings. The van der Waals surface area contributed by atoms with Crippen LogP contribution in [0.5, 0.6) is 0 Å². The van der Waals surface area contributed by atoms with E-state index in [2.05, 4.69) is 0 Å². The van der Waals surface area contributed by atoms with Gasteiger partial charge in [0.1, 0.15) is 12.1 Å². The topological polar surface area (TPSA) is 155 Å². The van der Waals surface area contributed by atoms with Gasteiger partial charge in [-0.25, -0.2) is 8.42 Å². The molecule has 1 aliphatic rings. The van der Waals surface area contributed by atoms with Crippen LogP contribution in [-0.4, -0.2) is 62.0 Å². The molecule has 1 heterocycles. The smallest absolute Gasteiger partial charge is 0.322 e. The van der Waals surface area contributed by atoms with Crippen molar-refractivity contribution in [3.63, 3.8) is 0 Å². The fourth-order valence-corrected chi connectivity index (χ4v) is 6.56. The Morgan fingerprint density at radius 1 is 0.824 bits per heavy atom. The molecule has 0 aliphatic carbocycles. The first kappa shape index (κ1) is 25.8. The van der Waals surface area contributed by atoms with Gasteiger partial charge >= 0.3 is 11.9 Å². The summed E-state index contributed by atoms with van der Waals surface area (Å²) in [4.78, 5) is 23.7. The van der Waals surface area contributed by atoms with Crippen LogP contribution in [0.4, 0.5) is 0 Å². The minimum atomic E-state index is -4.47. The average molecular weight is 512 g/mol. The van der Waals surface area contributed by atoms with Gasteiger partial charge in [0.15, 0.2) is 0 Å². The van der Waals surface area contributed by atoms with Gasteiger partial charge in [0.2, 0.25) is 10.0 Å². The van der Waals surface area contributed by atoms with E-state index in [1.807, 2.05) is 0 Å². The molecule has 2 N–H and O–H groups in total. The first-order valence-electron chi connectivity index (χ1n) is 10.3. The molecule has 34 heavy (non-hydrogen) atoms. The highest BCUT2D eigenvalue weighted by Gasteiger charge is 2.49. The lowest BCUT2D eigenvalue weighted by atomic mass is 9.88. The van der Waals surface area contributed by atoms with Crippen molar-refractivity contribution in [3.05, 3.63) is 59.7 Å². The van der Waals surface area contributed by atoms with Gasteiger partial charge in [-0.15, -0.1) is 0 Å². The molecule has 1 aliphatic heterocycles. The Labute approximate surface area is 198 Å². The van der Waals surface area contributed by atoms with Crippen LogP contribution in [0.15, 0.2) is 58.3 Å². The van der Waals surface area contributed by atoms with Gasteiger partial charge in [0, 0.05) is 0 Å². The third-order valence-corrected chi connectivity index (χ3v) is 8.89. The Morgan fingerprint density at radius 3 is 1.65 bits per heavy atom. The number of rotatable bonds is 8. The molecule has 0 aromatic heterocycles. The zero-order chi connectivity index (χ0) is 25.3. The van der Waals surface area contributed by atoms with Crippen LogP contribution < -0.4 is 0 Å². The van der Waals surface area contributed by atoms with Crippen molar-refractivity contribution in [2.75, 3.05) is 6.61 Å². The highest BCUT2D eigenvalue weighted by Crippen LogP contribution is 2.34. The molecule has 184 valence electrons. The highest BCUT2D eigenvalue weighted by molar-refractivity contribution is 7.89. The summed E-state index contributed by atoms with van der Waals surface area (Å²) >= 11 is 0. The molecule has 0 radical (unpaired) electrons. The maximum Gasteiger partial charge on any atom is 0.322 e. The SMILES string of the molecule is Cc1ccc(S(=O)(=O)OCC2CC(C(=O)O)N(S(=O)(=O)c3ccc(C)cc3)C(C(=O)O)C2)cc1. The van der Waals surface area contributed by atoms with E-state index in [0.717, 1.165) is 11.1 Å². The average Bonchev–Trinajstić information content (AvgIpc) is 2.77. The number of nitrogens with zero attached hydrogens (tertiary/aromatic N) is 1. The minimum Gasteiger partial charge on any atom is -0.480 e. The number of aliphatic carboxylic acids is 2. The number of carbonyl (C=O) groups is 2. The number of hydrogen-bond donors (Lipinski definition) is 2. The standard InChI is InChI=1S/C22H25NO9S2/c1-14-3-7-17(8-4-14)33(28,29)23-19(21(24)25)11-16(12-20(23)22(26)27)13-32-34(30,31)18-9-5-15(2)6-10-18/h3-10,16,19-20H,11-13H2,1-2H3,(H,24,25)(H,26,27). The molecule has 0 amide bonds. The molecule has 12 heteroatoms. The maximum absolute atomic E-state index is 13.2. The second kappa shape index (κ2) is 9.82. The molecule has 2 atom stereocenters. The summed E-state index contributed by atoms with van der Waals surface area (Å²) in [6.45, 7) is 3.04. The van der Waals surface area contributed by atoms with Gasteiger partial charge in [-0.3, -0.25) is 13.8 Å². The summed E-state index contributed by atoms with van der Waals surface area (Å²) in [5.74, 6) is -3.90. The van der Waals surface area contributed by atoms with Crippen molar-refractivity contribution in [3.8, 4) is 0 Å². The number of aryl methyl sites for hydroxylation is 2. The third-order valence-electron chi connectivity index (χ3n) is 5.66. The molecule has 1 saturated heterocycles. The summed E-state index contributed by atoms with van der Waals surface area (Å²) in [7, 11) is -8.64. The van der Waals surface area contributed by atoms with Crippen LogP contribution in [-0.2, 0) is 33.9 Å². The van der Waals surface area contributed by atoms with E-state index >= 15 is 0 Å². The van der Waals surface area contributed by atoms with Crippen molar-refractivity contribution in [2.24, 2.45) is 5.92 Å². The first-order chi connectivity index (χ1) is 15.8. The monoisotopic (exact) mass is 511 g/mol. The van der Waals surface area contributed by atoms with Gasteiger partial charge in [-0.1, -0.05) is 35.4 Å². The molecule has 2 unspecified atom stereocenters. The zero-order valence-corrected chi connectivity index (χ0v) is 20.1. The number of benzene rings is 2. The molecule has 0 spiro atoms. The summed E-state index contributed by atoms with van der Waals surface area (Å²) in [5, 5.41) is 19.5. The van der Waals surface area contributed by atoms with E-state index in [1.54, 1.807) is 26.0 Å². The number of hydrogen-bond acceptors (Lipinski definition) is 7. The fourth-order valence-electron chi connectivity index (χ4n) is 3.83. The predicted molar refractivity (Wildman–Crippen MR) is 120 cm³/mol. The number of carboxylic acid groups (broad SMARTS) is 2. The summed E-state index contributed by atoms with van der Waals surface area (Å²) < 4.78 is 57.0. The van der Waals surface area contributed by atoms with Crippen LogP contribution in [0.3, 0.4) is 0 Å². The molecular weight excluding hydrogens is 486 g/mol. The van der Waals surface area contributed by atoms with Crippen molar-refractivity contribution >= 4 is 32.1 Å². The largest absolute Gasteiger partial charge is 0.480 e. The van der Waals surface area contributed by atoms with E-state index in [0.29, 0.717) is 4.31 Å². The first-order valence-corrected chi connectivity index (χ1v) is 13.2. The van der Waals surface area contributed by atoms with Crippen LogP contribution in [0.25, 0.3) is 0 Å². The Morgan fingerprint density at radius 2 is 1.24 bits per heavy atom. The van der Waals surface area contributed by atoms with Crippen molar-refractivity contribution < 1.29 is 40.8 Å². The normalized spacial score (nSPS) is 21.8. The van der Waals surface area contributed by atoms with Crippen molar-refractivity contribution in [1.29, 1.82) is 0 Å². The Hall–Kier alpha value is -2.80. The lowest BCUT2D eigenvalue weighted by Gasteiger charge is -2.40. The van der Waals surface area contributed by atoms with Gasteiger partial charge < -0.3 is 10.2 Å².